The second kappa shape index (κ2) is 6.70. The molecule has 1 aliphatic heterocycles. The summed E-state index contributed by atoms with van der Waals surface area (Å²) in [7, 11) is 2.05. The number of hydrogen-bond acceptors (Lipinski definition) is 3. The molecule has 1 saturated heterocycles. The van der Waals surface area contributed by atoms with E-state index in [4.69, 9.17) is 0 Å². The molecule has 0 aromatic rings. The minimum Gasteiger partial charge on any atom is -0.319 e. The van der Waals surface area contributed by atoms with Crippen LogP contribution in [0.5, 0.6) is 0 Å². The molecule has 0 aromatic carbocycles. The predicted octanol–water partition coefficient (Wildman–Crippen LogP) is 1.67. The van der Waals surface area contributed by atoms with Crippen LogP contribution < -0.4 is 5.32 Å². The van der Waals surface area contributed by atoms with E-state index in [2.05, 4.69) is 30.4 Å². The highest BCUT2D eigenvalue weighted by Gasteiger charge is 2.21. The number of thioether (sulfide) groups is 1. The summed E-state index contributed by atoms with van der Waals surface area (Å²) < 4.78 is 0. The molecule has 1 heterocycles. The quantitative estimate of drug-likeness (QED) is 0.727. The van der Waals surface area contributed by atoms with Crippen molar-refractivity contribution in [1.82, 2.24) is 10.2 Å². The molecule has 0 amide bonds. The molecule has 2 nitrogen and oxygen atoms in total. The molecule has 14 heavy (non-hydrogen) atoms. The molecule has 0 radical (unpaired) electrons. The molecule has 0 saturated carbocycles. The van der Waals surface area contributed by atoms with Gasteiger partial charge < -0.3 is 10.2 Å². The van der Waals surface area contributed by atoms with E-state index in [0.29, 0.717) is 0 Å². The number of hydrogen-bond donors (Lipinski definition) is 1. The average Bonchev–Trinajstić information content (AvgIpc) is 2.63. The zero-order valence-electron chi connectivity index (χ0n) is 9.75. The first-order valence-electron chi connectivity index (χ1n) is 5.66. The van der Waals surface area contributed by atoms with Crippen LogP contribution in [-0.4, -0.2) is 49.6 Å². The Balaban J connectivity index is 2.09. The lowest BCUT2D eigenvalue weighted by molar-refractivity contribution is 0.319. The summed E-state index contributed by atoms with van der Waals surface area (Å²) in [4.78, 5) is 2.62. The third-order valence-corrected chi connectivity index (χ3v) is 4.16. The van der Waals surface area contributed by atoms with E-state index >= 15 is 0 Å². The molecule has 0 aromatic heterocycles. The molecule has 84 valence electrons. The van der Waals surface area contributed by atoms with Crippen LogP contribution in [0.4, 0.5) is 0 Å². The Morgan fingerprint density at radius 1 is 1.57 bits per heavy atom. The van der Waals surface area contributed by atoms with E-state index in [-0.39, 0.29) is 0 Å². The molecular weight excluding hydrogens is 192 g/mol. The Morgan fingerprint density at radius 3 is 3.00 bits per heavy atom. The van der Waals surface area contributed by atoms with Crippen LogP contribution in [0, 0.1) is 5.92 Å². The minimum absolute atomic E-state index is 0.818. The van der Waals surface area contributed by atoms with Gasteiger partial charge in [0.1, 0.15) is 0 Å². The van der Waals surface area contributed by atoms with Gasteiger partial charge in [-0.05, 0) is 51.7 Å². The molecule has 2 atom stereocenters. The molecule has 1 N–H and O–H groups in total. The average molecular weight is 216 g/mol. The SMILES string of the molecule is CNCC1CCN(CCC(C)SC)C1. The maximum absolute atomic E-state index is 3.28. The van der Waals surface area contributed by atoms with Crippen LogP contribution in [0.3, 0.4) is 0 Å². The zero-order valence-corrected chi connectivity index (χ0v) is 10.6. The summed E-state index contributed by atoms with van der Waals surface area (Å²) in [5, 5.41) is 4.09. The maximum atomic E-state index is 3.28. The molecular formula is C11H24N2S. The fraction of sp³-hybridized carbons (Fsp3) is 1.00. The Labute approximate surface area is 92.8 Å². The fourth-order valence-corrected chi connectivity index (χ4v) is 2.39. The van der Waals surface area contributed by atoms with Crippen molar-refractivity contribution < 1.29 is 0 Å². The van der Waals surface area contributed by atoms with E-state index in [9.17, 15) is 0 Å². The molecule has 1 fully saturated rings. The van der Waals surface area contributed by atoms with Gasteiger partial charge in [-0.2, -0.15) is 11.8 Å². The summed E-state index contributed by atoms with van der Waals surface area (Å²) in [6.07, 6.45) is 4.93. The summed E-state index contributed by atoms with van der Waals surface area (Å²) in [6.45, 7) is 7.43. The highest BCUT2D eigenvalue weighted by molar-refractivity contribution is 7.99. The van der Waals surface area contributed by atoms with Crippen molar-refractivity contribution in [1.29, 1.82) is 0 Å². The number of likely N-dealkylation sites (tertiary alicyclic amines) is 1. The van der Waals surface area contributed by atoms with Crippen molar-refractivity contribution in [3.05, 3.63) is 0 Å². The molecule has 0 spiro atoms. The van der Waals surface area contributed by atoms with Gasteiger partial charge in [0.25, 0.3) is 0 Å². The Bertz CT molecular complexity index is 152. The third kappa shape index (κ3) is 4.20. The standard InChI is InChI=1S/C11H24N2S/c1-10(14-3)4-6-13-7-5-11(9-13)8-12-2/h10-12H,4-9H2,1-3H3. The summed E-state index contributed by atoms with van der Waals surface area (Å²) >= 11 is 1.98. The normalized spacial score (nSPS) is 25.5. The van der Waals surface area contributed by atoms with Crippen molar-refractivity contribution in [2.75, 3.05) is 39.5 Å². The Morgan fingerprint density at radius 2 is 2.36 bits per heavy atom. The smallest absolute Gasteiger partial charge is 0.00281 e. The first-order valence-corrected chi connectivity index (χ1v) is 6.94. The predicted molar refractivity (Wildman–Crippen MR) is 66.1 cm³/mol. The van der Waals surface area contributed by atoms with Crippen LogP contribution in [-0.2, 0) is 0 Å². The van der Waals surface area contributed by atoms with Gasteiger partial charge in [0.2, 0.25) is 0 Å². The zero-order chi connectivity index (χ0) is 10.4. The molecule has 2 unspecified atom stereocenters. The van der Waals surface area contributed by atoms with Gasteiger partial charge in [-0.3, -0.25) is 0 Å². The third-order valence-electron chi connectivity index (χ3n) is 3.12. The molecule has 3 heteroatoms. The lowest BCUT2D eigenvalue weighted by Gasteiger charge is -2.17. The van der Waals surface area contributed by atoms with Gasteiger partial charge in [-0.15, -0.1) is 0 Å². The van der Waals surface area contributed by atoms with Crippen LogP contribution in [0.2, 0.25) is 0 Å². The largest absolute Gasteiger partial charge is 0.319 e. The second-order valence-electron chi connectivity index (χ2n) is 4.35. The van der Waals surface area contributed by atoms with E-state index in [1.807, 2.05) is 11.8 Å². The number of nitrogens with one attached hydrogen (secondary N) is 1. The Kier molecular flexibility index (Phi) is 5.90. The van der Waals surface area contributed by atoms with E-state index in [0.717, 1.165) is 11.2 Å². The van der Waals surface area contributed by atoms with Gasteiger partial charge in [-0.1, -0.05) is 6.92 Å². The number of nitrogens with zero attached hydrogens (tertiary/aromatic N) is 1. The van der Waals surface area contributed by atoms with Crippen LogP contribution in [0.1, 0.15) is 19.8 Å². The van der Waals surface area contributed by atoms with Crippen LogP contribution in [0.15, 0.2) is 0 Å². The van der Waals surface area contributed by atoms with Gasteiger partial charge >= 0.3 is 0 Å². The summed E-state index contributed by atoms with van der Waals surface area (Å²) in [5.74, 6) is 0.893. The summed E-state index contributed by atoms with van der Waals surface area (Å²) in [5.41, 5.74) is 0. The Hall–Kier alpha value is 0.270. The molecule has 1 rings (SSSR count). The first kappa shape index (κ1) is 12.3. The van der Waals surface area contributed by atoms with Gasteiger partial charge in [0, 0.05) is 11.8 Å². The molecule has 0 bridgehead atoms. The lowest BCUT2D eigenvalue weighted by Crippen LogP contribution is -2.26. The van der Waals surface area contributed by atoms with Gasteiger partial charge in [-0.25, -0.2) is 0 Å². The van der Waals surface area contributed by atoms with E-state index < -0.39 is 0 Å². The highest BCUT2D eigenvalue weighted by atomic mass is 32.2. The van der Waals surface area contributed by atoms with Crippen molar-refractivity contribution in [3.63, 3.8) is 0 Å². The minimum atomic E-state index is 0.818. The van der Waals surface area contributed by atoms with Crippen molar-refractivity contribution in [2.45, 2.75) is 25.0 Å². The van der Waals surface area contributed by atoms with Crippen molar-refractivity contribution >= 4 is 11.8 Å². The van der Waals surface area contributed by atoms with Gasteiger partial charge in [0.15, 0.2) is 0 Å². The molecule has 0 aliphatic carbocycles. The number of rotatable bonds is 6. The van der Waals surface area contributed by atoms with E-state index in [1.165, 1.54) is 39.0 Å². The maximum Gasteiger partial charge on any atom is 0.00281 e. The van der Waals surface area contributed by atoms with Crippen LogP contribution >= 0.6 is 11.8 Å². The first-order chi connectivity index (χ1) is 6.76. The monoisotopic (exact) mass is 216 g/mol. The fourth-order valence-electron chi connectivity index (χ4n) is 2.05. The summed E-state index contributed by atoms with van der Waals surface area (Å²) in [6, 6.07) is 0. The highest BCUT2D eigenvalue weighted by Crippen LogP contribution is 2.17. The lowest BCUT2D eigenvalue weighted by atomic mass is 10.1. The van der Waals surface area contributed by atoms with Crippen molar-refractivity contribution in [3.8, 4) is 0 Å². The van der Waals surface area contributed by atoms with Crippen LogP contribution in [0.25, 0.3) is 0 Å². The topological polar surface area (TPSA) is 15.3 Å². The van der Waals surface area contributed by atoms with E-state index in [1.54, 1.807) is 0 Å². The second-order valence-corrected chi connectivity index (χ2v) is 5.62. The van der Waals surface area contributed by atoms with Crippen molar-refractivity contribution in [2.24, 2.45) is 5.92 Å². The van der Waals surface area contributed by atoms with Gasteiger partial charge in [0.05, 0.1) is 0 Å². The molecule has 1 aliphatic rings.